The molecule has 0 atom stereocenters. The van der Waals surface area contributed by atoms with Crippen molar-refractivity contribution >= 4 is 27.5 Å². The van der Waals surface area contributed by atoms with Crippen LogP contribution >= 0.6 is 0 Å². The monoisotopic (exact) mass is 508 g/mol. The Labute approximate surface area is 207 Å². The summed E-state index contributed by atoms with van der Waals surface area (Å²) in [5.74, 6) is 1.08. The van der Waals surface area contributed by atoms with E-state index in [-0.39, 0.29) is 16.7 Å². The van der Waals surface area contributed by atoms with E-state index in [1.54, 1.807) is 27.0 Å². The first kappa shape index (κ1) is 23.6. The molecule has 1 aliphatic rings. The topological polar surface area (TPSA) is 137 Å². The number of ether oxygens (including phenoxy) is 1. The Kier molecular flexibility index (Phi) is 5.79. The molecule has 0 saturated heterocycles. The third-order valence-corrected chi connectivity index (χ3v) is 7.69. The summed E-state index contributed by atoms with van der Waals surface area (Å²) in [5.41, 5.74) is 2.24. The number of nitrogens with one attached hydrogen (secondary N) is 2. The molecule has 1 amide bonds. The number of hydrogen-bond acceptors (Lipinski definition) is 8. The van der Waals surface area contributed by atoms with Crippen molar-refractivity contribution in [1.82, 2.24) is 10.3 Å². The summed E-state index contributed by atoms with van der Waals surface area (Å²) in [6, 6.07) is 15.1. The van der Waals surface area contributed by atoms with E-state index in [9.17, 15) is 13.2 Å². The van der Waals surface area contributed by atoms with Crippen LogP contribution in [0.1, 0.15) is 29.8 Å². The Morgan fingerprint density at radius 1 is 1.03 bits per heavy atom. The van der Waals surface area contributed by atoms with Gasteiger partial charge in [-0.3, -0.25) is 4.79 Å². The van der Waals surface area contributed by atoms with E-state index >= 15 is 0 Å². The summed E-state index contributed by atoms with van der Waals surface area (Å²) in [4.78, 5) is 13.2. The average molecular weight is 509 g/mol. The third-order valence-electron chi connectivity index (χ3n) is 6.35. The predicted octanol–water partition coefficient (Wildman–Crippen LogP) is 4.43. The Morgan fingerprint density at radius 2 is 1.78 bits per heavy atom. The summed E-state index contributed by atoms with van der Waals surface area (Å²) >= 11 is 0. The number of benzene rings is 2. The number of aromatic nitrogens is 2. The molecule has 2 heterocycles. The molecule has 1 aliphatic carbocycles. The molecule has 1 fully saturated rings. The lowest BCUT2D eigenvalue weighted by molar-refractivity contribution is -0.118. The first-order valence-electron chi connectivity index (χ1n) is 11.2. The summed E-state index contributed by atoms with van der Waals surface area (Å²) in [6.45, 7) is 3.43. The lowest BCUT2D eigenvalue weighted by Gasteiger charge is -2.13. The van der Waals surface area contributed by atoms with E-state index in [4.69, 9.17) is 13.8 Å². The van der Waals surface area contributed by atoms with Gasteiger partial charge in [0.05, 0.1) is 28.8 Å². The molecule has 2 aromatic carbocycles. The molecule has 0 spiro atoms. The fourth-order valence-corrected chi connectivity index (χ4v) is 4.84. The lowest BCUT2D eigenvalue weighted by atomic mass is 10.00. The highest BCUT2D eigenvalue weighted by Crippen LogP contribution is 2.49. The molecule has 0 bridgehead atoms. The van der Waals surface area contributed by atoms with Gasteiger partial charge in [-0.15, -0.1) is 0 Å². The number of sulfonamides is 1. The van der Waals surface area contributed by atoms with Crippen molar-refractivity contribution in [1.29, 1.82) is 0 Å². The zero-order valence-corrected chi connectivity index (χ0v) is 20.7. The van der Waals surface area contributed by atoms with Gasteiger partial charge in [-0.1, -0.05) is 22.4 Å². The van der Waals surface area contributed by atoms with Crippen LogP contribution in [0.2, 0.25) is 0 Å². The second kappa shape index (κ2) is 8.83. The smallest absolute Gasteiger partial charge is 0.264 e. The fourth-order valence-electron chi connectivity index (χ4n) is 3.80. The second-order valence-electron chi connectivity index (χ2n) is 8.70. The van der Waals surface area contributed by atoms with Gasteiger partial charge in [0.2, 0.25) is 11.8 Å². The van der Waals surface area contributed by atoms with Gasteiger partial charge >= 0.3 is 0 Å². The van der Waals surface area contributed by atoms with Crippen molar-refractivity contribution in [2.45, 2.75) is 37.0 Å². The number of carbonyl (C=O) groups excluding carboxylic acids is 1. The molecule has 10 nitrogen and oxygen atoms in total. The van der Waals surface area contributed by atoms with Crippen molar-refractivity contribution in [3.05, 3.63) is 71.5 Å². The molecule has 36 heavy (non-hydrogen) atoms. The number of amides is 1. The molecular formula is C25H24N4O6S. The van der Waals surface area contributed by atoms with Crippen LogP contribution in [0.3, 0.4) is 0 Å². The van der Waals surface area contributed by atoms with E-state index in [0.717, 1.165) is 5.56 Å². The number of aryl methyl sites for hydroxylation is 1. The Bertz CT molecular complexity index is 1530. The molecule has 0 unspecified atom stereocenters. The zero-order valence-electron chi connectivity index (χ0n) is 19.9. The van der Waals surface area contributed by atoms with E-state index in [1.807, 2.05) is 24.3 Å². The average Bonchev–Trinajstić information content (AvgIpc) is 3.44. The molecule has 2 aromatic heterocycles. The van der Waals surface area contributed by atoms with Crippen LogP contribution in [-0.4, -0.2) is 31.7 Å². The van der Waals surface area contributed by atoms with Crippen molar-refractivity contribution in [3.8, 4) is 17.1 Å². The predicted molar refractivity (Wildman–Crippen MR) is 131 cm³/mol. The SMILES string of the molecule is COc1cccc(-c2cc(C3(C(=O)Nc4ccc(S(=O)(=O)Nc5onc(C)c5C)cc4)CC3)no2)c1. The van der Waals surface area contributed by atoms with Crippen LogP contribution in [0.4, 0.5) is 11.6 Å². The van der Waals surface area contributed by atoms with Gasteiger partial charge in [0.1, 0.15) is 5.75 Å². The van der Waals surface area contributed by atoms with Crippen LogP contribution in [0.15, 0.2) is 68.5 Å². The number of nitrogens with zero attached hydrogens (tertiary/aromatic N) is 2. The molecule has 2 N–H and O–H groups in total. The van der Waals surface area contributed by atoms with Gasteiger partial charge in [-0.2, -0.15) is 0 Å². The van der Waals surface area contributed by atoms with Crippen LogP contribution in [0.5, 0.6) is 5.75 Å². The number of carbonyl (C=O) groups is 1. The zero-order chi connectivity index (χ0) is 25.5. The van der Waals surface area contributed by atoms with Gasteiger partial charge in [0.25, 0.3) is 10.0 Å². The van der Waals surface area contributed by atoms with Crippen molar-refractivity contribution < 1.29 is 27.0 Å². The highest BCUT2D eigenvalue weighted by Gasteiger charge is 2.53. The highest BCUT2D eigenvalue weighted by molar-refractivity contribution is 7.92. The minimum Gasteiger partial charge on any atom is -0.497 e. The standard InChI is InChI=1S/C25H24N4O6S/c1-15-16(2)27-35-23(15)29-36(31,32)20-9-7-18(8-10-20)26-24(30)25(11-12-25)22-14-21(34-28-22)17-5-4-6-19(13-17)33-3/h4-10,13-14,29H,11-12H2,1-3H3,(H,26,30). The largest absolute Gasteiger partial charge is 0.497 e. The van der Waals surface area contributed by atoms with E-state index < -0.39 is 15.4 Å². The van der Waals surface area contributed by atoms with Crippen LogP contribution < -0.4 is 14.8 Å². The molecule has 4 aromatic rings. The van der Waals surface area contributed by atoms with Gasteiger partial charge in [-0.05, 0) is 63.1 Å². The maximum atomic E-state index is 13.1. The summed E-state index contributed by atoms with van der Waals surface area (Å²) < 4.78 is 43.6. The normalized spacial score (nSPS) is 14.3. The van der Waals surface area contributed by atoms with E-state index in [1.165, 1.54) is 24.3 Å². The number of anilines is 2. The molecule has 5 rings (SSSR count). The lowest BCUT2D eigenvalue weighted by Crippen LogP contribution is -2.28. The maximum absolute atomic E-state index is 13.1. The van der Waals surface area contributed by atoms with Crippen LogP contribution in [-0.2, 0) is 20.2 Å². The molecule has 11 heteroatoms. The Morgan fingerprint density at radius 3 is 2.42 bits per heavy atom. The highest BCUT2D eigenvalue weighted by atomic mass is 32.2. The minimum atomic E-state index is -3.88. The molecule has 0 radical (unpaired) electrons. The quantitative estimate of drug-likeness (QED) is 0.357. The van der Waals surface area contributed by atoms with Crippen molar-refractivity contribution in [2.75, 3.05) is 17.1 Å². The van der Waals surface area contributed by atoms with E-state index in [0.29, 0.717) is 47.0 Å². The first-order chi connectivity index (χ1) is 17.2. The maximum Gasteiger partial charge on any atom is 0.264 e. The summed E-state index contributed by atoms with van der Waals surface area (Å²) in [7, 11) is -2.29. The van der Waals surface area contributed by atoms with Crippen LogP contribution in [0, 0.1) is 13.8 Å². The first-order valence-corrected chi connectivity index (χ1v) is 12.7. The van der Waals surface area contributed by atoms with Crippen molar-refractivity contribution in [3.63, 3.8) is 0 Å². The number of hydrogen-bond donors (Lipinski definition) is 2. The summed E-state index contributed by atoms with van der Waals surface area (Å²) in [6.07, 6.45) is 1.27. The molecule has 1 saturated carbocycles. The Hall–Kier alpha value is -4.12. The third kappa shape index (κ3) is 4.33. The Balaban J connectivity index is 1.29. The second-order valence-corrected chi connectivity index (χ2v) is 10.4. The van der Waals surface area contributed by atoms with Crippen LogP contribution in [0.25, 0.3) is 11.3 Å². The van der Waals surface area contributed by atoms with Gasteiger partial charge in [-0.25, -0.2) is 13.1 Å². The van der Waals surface area contributed by atoms with E-state index in [2.05, 4.69) is 20.4 Å². The summed E-state index contributed by atoms with van der Waals surface area (Å²) in [5, 5.41) is 10.8. The molecule has 0 aliphatic heterocycles. The minimum absolute atomic E-state index is 0.0227. The number of methoxy groups -OCH3 is 1. The van der Waals surface area contributed by atoms with Gasteiger partial charge < -0.3 is 19.1 Å². The van der Waals surface area contributed by atoms with Gasteiger partial charge in [0, 0.05) is 22.9 Å². The van der Waals surface area contributed by atoms with Gasteiger partial charge in [0.15, 0.2) is 5.76 Å². The fraction of sp³-hybridized carbons (Fsp3) is 0.240. The number of rotatable bonds is 8. The molecule has 186 valence electrons. The molecular weight excluding hydrogens is 484 g/mol. The van der Waals surface area contributed by atoms with Crippen molar-refractivity contribution in [2.24, 2.45) is 0 Å².